The molecule has 0 unspecified atom stereocenters. The van der Waals surface area contributed by atoms with Crippen LogP contribution in [0.15, 0.2) is 11.6 Å². The Hall–Kier alpha value is -1.89. The van der Waals surface area contributed by atoms with E-state index in [1.54, 1.807) is 29.1 Å². The molecule has 0 aliphatic rings. The van der Waals surface area contributed by atoms with E-state index in [0.29, 0.717) is 30.2 Å². The molecule has 3 N–H and O–H groups in total. The normalized spacial score (nSPS) is 10.6. The molecule has 0 atom stereocenters. The molecule has 6 nitrogen and oxygen atoms in total. The molecule has 2 heterocycles. The van der Waals surface area contributed by atoms with Crippen LogP contribution in [0.5, 0.6) is 0 Å². The molecule has 102 valence electrons. The average molecular weight is 279 g/mol. The first-order valence-corrected chi connectivity index (χ1v) is 7.01. The van der Waals surface area contributed by atoms with Crippen molar-refractivity contribution in [3.63, 3.8) is 0 Å². The summed E-state index contributed by atoms with van der Waals surface area (Å²) in [5, 5.41) is 10.0. The van der Waals surface area contributed by atoms with Gasteiger partial charge in [0.05, 0.1) is 16.4 Å². The first-order valence-electron chi connectivity index (χ1n) is 6.13. The van der Waals surface area contributed by atoms with Crippen LogP contribution in [-0.2, 0) is 13.0 Å². The maximum absolute atomic E-state index is 12.1. The summed E-state index contributed by atoms with van der Waals surface area (Å²) in [5.74, 6) is -0.184. The number of aromatic nitrogens is 3. The summed E-state index contributed by atoms with van der Waals surface area (Å²) in [7, 11) is 0. The molecule has 2 rings (SSSR count). The highest BCUT2D eigenvalue weighted by Gasteiger charge is 2.18. The van der Waals surface area contributed by atoms with Crippen LogP contribution in [0.4, 0.5) is 5.69 Å². The molecule has 2 aromatic heterocycles. The van der Waals surface area contributed by atoms with Crippen molar-refractivity contribution in [1.82, 2.24) is 20.1 Å². The summed E-state index contributed by atoms with van der Waals surface area (Å²) < 4.78 is 1.63. The maximum atomic E-state index is 12.1. The zero-order valence-corrected chi connectivity index (χ0v) is 11.8. The number of aryl methyl sites for hydroxylation is 2. The lowest BCUT2D eigenvalue weighted by Crippen LogP contribution is -2.28. The minimum Gasteiger partial charge on any atom is -0.395 e. The van der Waals surface area contributed by atoms with Gasteiger partial charge in [0, 0.05) is 31.1 Å². The van der Waals surface area contributed by atoms with Gasteiger partial charge >= 0.3 is 0 Å². The maximum Gasteiger partial charge on any atom is 0.271 e. The van der Waals surface area contributed by atoms with Gasteiger partial charge in [0.15, 0.2) is 0 Å². The van der Waals surface area contributed by atoms with Crippen molar-refractivity contribution in [3.05, 3.63) is 28.0 Å². The molecule has 2 aromatic rings. The van der Waals surface area contributed by atoms with E-state index in [2.05, 4.69) is 15.4 Å². The number of amides is 1. The molecular weight excluding hydrogens is 262 g/mol. The van der Waals surface area contributed by atoms with Gasteiger partial charge in [0.1, 0.15) is 5.69 Å². The third-order valence-electron chi connectivity index (χ3n) is 2.80. The van der Waals surface area contributed by atoms with Crippen LogP contribution >= 0.6 is 11.3 Å². The monoisotopic (exact) mass is 279 g/mol. The number of nitrogens with one attached hydrogen (secondary N) is 1. The third kappa shape index (κ3) is 2.93. The fraction of sp³-hybridized carbons (Fsp3) is 0.417. The van der Waals surface area contributed by atoms with Gasteiger partial charge in [-0.25, -0.2) is 4.98 Å². The summed E-state index contributed by atoms with van der Waals surface area (Å²) >= 11 is 1.58. The third-order valence-corrected chi connectivity index (χ3v) is 3.64. The van der Waals surface area contributed by atoms with E-state index in [1.807, 2.05) is 12.3 Å². The molecule has 0 saturated carbocycles. The van der Waals surface area contributed by atoms with Crippen molar-refractivity contribution >= 4 is 22.9 Å². The number of nitrogens with zero attached hydrogens (tertiary/aromatic N) is 3. The van der Waals surface area contributed by atoms with Crippen LogP contribution in [0.25, 0.3) is 0 Å². The van der Waals surface area contributed by atoms with Crippen molar-refractivity contribution in [2.75, 3.05) is 12.3 Å². The molecule has 0 fully saturated rings. The van der Waals surface area contributed by atoms with Crippen LogP contribution in [0.3, 0.4) is 0 Å². The second-order valence-electron chi connectivity index (χ2n) is 4.10. The Morgan fingerprint density at radius 1 is 1.58 bits per heavy atom. The molecular formula is C12H17N5OS. The molecule has 0 aliphatic carbocycles. The van der Waals surface area contributed by atoms with Crippen LogP contribution in [0.1, 0.15) is 28.1 Å². The van der Waals surface area contributed by atoms with E-state index in [0.717, 1.165) is 11.4 Å². The molecule has 0 radical (unpaired) electrons. The van der Waals surface area contributed by atoms with Crippen molar-refractivity contribution in [2.24, 2.45) is 0 Å². The van der Waals surface area contributed by atoms with Gasteiger partial charge in [-0.3, -0.25) is 9.48 Å². The molecule has 19 heavy (non-hydrogen) atoms. The Labute approximate surface area is 115 Å². The predicted octanol–water partition coefficient (Wildman–Crippen LogP) is 1.22. The quantitative estimate of drug-likeness (QED) is 0.861. The highest BCUT2D eigenvalue weighted by Crippen LogP contribution is 2.16. The highest BCUT2D eigenvalue weighted by molar-refractivity contribution is 7.09. The lowest BCUT2D eigenvalue weighted by molar-refractivity contribution is 0.0944. The number of hydrogen-bond donors (Lipinski definition) is 2. The first-order chi connectivity index (χ1) is 9.13. The molecule has 7 heteroatoms. The minimum absolute atomic E-state index is 0.184. The fourth-order valence-electron chi connectivity index (χ4n) is 1.81. The Balaban J connectivity index is 2.00. The predicted molar refractivity (Wildman–Crippen MR) is 75.2 cm³/mol. The number of rotatable bonds is 5. The number of hydrogen-bond acceptors (Lipinski definition) is 5. The van der Waals surface area contributed by atoms with Gasteiger partial charge < -0.3 is 11.1 Å². The summed E-state index contributed by atoms with van der Waals surface area (Å²) in [6.45, 7) is 4.89. The molecule has 0 spiro atoms. The zero-order valence-electron chi connectivity index (χ0n) is 11.0. The lowest BCUT2D eigenvalue weighted by atomic mass is 10.3. The molecule has 0 aliphatic heterocycles. The van der Waals surface area contributed by atoms with Gasteiger partial charge in [0.25, 0.3) is 5.91 Å². The second-order valence-corrected chi connectivity index (χ2v) is 5.07. The van der Waals surface area contributed by atoms with Crippen molar-refractivity contribution < 1.29 is 4.79 Å². The van der Waals surface area contributed by atoms with E-state index in [9.17, 15) is 4.79 Å². The van der Waals surface area contributed by atoms with E-state index >= 15 is 0 Å². The van der Waals surface area contributed by atoms with Gasteiger partial charge in [-0.15, -0.1) is 11.3 Å². The van der Waals surface area contributed by atoms with E-state index < -0.39 is 0 Å². The number of nitrogens with two attached hydrogens (primary N) is 1. The fourth-order valence-corrected chi connectivity index (χ4v) is 2.43. The van der Waals surface area contributed by atoms with E-state index in [1.165, 1.54) is 0 Å². The van der Waals surface area contributed by atoms with E-state index in [-0.39, 0.29) is 5.91 Å². The Morgan fingerprint density at radius 3 is 3.00 bits per heavy atom. The second kappa shape index (κ2) is 5.83. The number of thiazole rings is 1. The Kier molecular flexibility index (Phi) is 4.16. The lowest BCUT2D eigenvalue weighted by Gasteiger charge is -2.06. The van der Waals surface area contributed by atoms with Crippen LogP contribution in [0, 0.1) is 6.92 Å². The van der Waals surface area contributed by atoms with Crippen molar-refractivity contribution in [3.8, 4) is 0 Å². The summed E-state index contributed by atoms with van der Waals surface area (Å²) in [4.78, 5) is 16.3. The zero-order chi connectivity index (χ0) is 13.8. The number of anilines is 1. The molecule has 0 saturated heterocycles. The van der Waals surface area contributed by atoms with Crippen LogP contribution in [-0.4, -0.2) is 27.2 Å². The van der Waals surface area contributed by atoms with Gasteiger partial charge in [-0.1, -0.05) is 0 Å². The van der Waals surface area contributed by atoms with Crippen LogP contribution < -0.4 is 11.1 Å². The van der Waals surface area contributed by atoms with Gasteiger partial charge in [-0.05, 0) is 13.8 Å². The number of nitrogen functional groups attached to an aromatic ring is 1. The standard InChI is InChI=1S/C12H17N5OS/c1-3-17-11(10(13)8(2)16-17)12(18)15-5-4-9-14-6-7-19-9/h6-7H,3-5,13H2,1-2H3,(H,15,18). The summed E-state index contributed by atoms with van der Waals surface area (Å²) in [6, 6.07) is 0. The minimum atomic E-state index is -0.184. The van der Waals surface area contributed by atoms with Crippen LogP contribution in [0.2, 0.25) is 0 Å². The molecule has 0 bridgehead atoms. The van der Waals surface area contributed by atoms with E-state index in [4.69, 9.17) is 5.73 Å². The van der Waals surface area contributed by atoms with Gasteiger partial charge in [-0.2, -0.15) is 5.10 Å². The summed E-state index contributed by atoms with van der Waals surface area (Å²) in [6.07, 6.45) is 2.48. The Bertz CT molecular complexity index is 561. The number of carbonyl (C=O) groups is 1. The largest absolute Gasteiger partial charge is 0.395 e. The molecule has 0 aromatic carbocycles. The molecule has 1 amide bonds. The number of carbonyl (C=O) groups excluding carboxylic acids is 1. The Morgan fingerprint density at radius 2 is 2.37 bits per heavy atom. The van der Waals surface area contributed by atoms with Crippen molar-refractivity contribution in [1.29, 1.82) is 0 Å². The highest BCUT2D eigenvalue weighted by atomic mass is 32.1. The first kappa shape index (κ1) is 13.5. The van der Waals surface area contributed by atoms with Crippen molar-refractivity contribution in [2.45, 2.75) is 26.8 Å². The smallest absolute Gasteiger partial charge is 0.271 e. The SMILES string of the molecule is CCn1nc(C)c(N)c1C(=O)NCCc1nccs1. The topological polar surface area (TPSA) is 85.8 Å². The average Bonchev–Trinajstić information content (AvgIpc) is 2.99. The summed E-state index contributed by atoms with van der Waals surface area (Å²) in [5.41, 5.74) is 7.47. The van der Waals surface area contributed by atoms with Gasteiger partial charge in [0.2, 0.25) is 0 Å².